The molecule has 9 nitrogen and oxygen atoms in total. The molecule has 1 aromatic rings. The fourth-order valence-electron chi connectivity index (χ4n) is 2.70. The quantitative estimate of drug-likeness (QED) is 0.379. The Kier molecular flexibility index (Phi) is 8.36. The molecule has 1 aliphatic rings. The predicted octanol–water partition coefficient (Wildman–Crippen LogP) is 0.0873. The number of aromatic nitrogens is 2. The average molecular weight is 366 g/mol. The van der Waals surface area contributed by atoms with Crippen molar-refractivity contribution in [3.05, 3.63) is 12.4 Å². The third-order valence-electron chi connectivity index (χ3n) is 4.00. The van der Waals surface area contributed by atoms with Crippen molar-refractivity contribution in [3.63, 3.8) is 0 Å². The van der Waals surface area contributed by atoms with E-state index in [0.717, 1.165) is 31.2 Å². The van der Waals surface area contributed by atoms with Crippen LogP contribution in [0.5, 0.6) is 0 Å². The van der Waals surface area contributed by atoms with E-state index in [1.165, 1.54) is 0 Å². The summed E-state index contributed by atoms with van der Waals surface area (Å²) in [6, 6.07) is 0. The van der Waals surface area contributed by atoms with Crippen molar-refractivity contribution < 1.29 is 14.3 Å². The first kappa shape index (κ1) is 20.2. The minimum absolute atomic E-state index is 0.0535. The van der Waals surface area contributed by atoms with Gasteiger partial charge in [0.1, 0.15) is 6.54 Å². The molecule has 0 saturated carbocycles. The van der Waals surface area contributed by atoms with Gasteiger partial charge in [-0.25, -0.2) is 0 Å². The van der Waals surface area contributed by atoms with E-state index < -0.39 is 0 Å². The maximum atomic E-state index is 12.5. The number of amides is 1. The summed E-state index contributed by atoms with van der Waals surface area (Å²) in [6.07, 6.45) is 4.41. The van der Waals surface area contributed by atoms with E-state index in [1.807, 2.05) is 25.1 Å². The molecule has 2 heterocycles. The molecule has 146 valence electrons. The minimum atomic E-state index is 0.0535. The van der Waals surface area contributed by atoms with E-state index in [0.29, 0.717) is 39.5 Å². The van der Waals surface area contributed by atoms with Gasteiger partial charge in [0.2, 0.25) is 5.91 Å². The van der Waals surface area contributed by atoms with Gasteiger partial charge in [0.15, 0.2) is 5.96 Å². The number of hydrogen-bond donors (Lipinski definition) is 1. The zero-order valence-corrected chi connectivity index (χ0v) is 16.0. The zero-order chi connectivity index (χ0) is 18.8. The Morgan fingerprint density at radius 3 is 2.85 bits per heavy atom. The van der Waals surface area contributed by atoms with E-state index in [1.54, 1.807) is 22.9 Å². The maximum absolute atomic E-state index is 12.5. The summed E-state index contributed by atoms with van der Waals surface area (Å²) in [4.78, 5) is 20.9. The second-order valence-corrected chi connectivity index (χ2v) is 6.03. The van der Waals surface area contributed by atoms with Crippen LogP contribution in [0.1, 0.15) is 13.3 Å². The van der Waals surface area contributed by atoms with Crippen LogP contribution in [-0.4, -0.2) is 86.2 Å². The summed E-state index contributed by atoms with van der Waals surface area (Å²) >= 11 is 0. The van der Waals surface area contributed by atoms with Crippen LogP contribution in [0.25, 0.3) is 0 Å². The van der Waals surface area contributed by atoms with Gasteiger partial charge in [-0.2, -0.15) is 5.10 Å². The number of guanidine groups is 1. The lowest BCUT2D eigenvalue weighted by Crippen LogP contribution is -2.55. The molecular formula is C17H30N6O3. The summed E-state index contributed by atoms with van der Waals surface area (Å²) in [5.74, 6) is 0.835. The molecule has 0 spiro atoms. The molecule has 1 fully saturated rings. The van der Waals surface area contributed by atoms with Crippen molar-refractivity contribution in [3.8, 4) is 0 Å². The Morgan fingerprint density at radius 1 is 1.35 bits per heavy atom. The van der Waals surface area contributed by atoms with Crippen molar-refractivity contribution >= 4 is 17.6 Å². The van der Waals surface area contributed by atoms with Gasteiger partial charge in [-0.15, -0.1) is 0 Å². The predicted molar refractivity (Wildman–Crippen MR) is 100 cm³/mol. The highest BCUT2D eigenvalue weighted by atomic mass is 16.5. The zero-order valence-electron chi connectivity index (χ0n) is 16.0. The molecule has 0 atom stereocenters. The van der Waals surface area contributed by atoms with E-state index in [9.17, 15) is 4.79 Å². The SMILES string of the molecule is CCNC(=NCCCOCCOC)N1CCN(c2cnn(C)c2)C(=O)C1. The van der Waals surface area contributed by atoms with Crippen molar-refractivity contribution in [2.24, 2.45) is 12.0 Å². The van der Waals surface area contributed by atoms with Gasteiger partial charge in [-0.3, -0.25) is 14.5 Å². The molecule has 0 aromatic carbocycles. The number of rotatable bonds is 9. The van der Waals surface area contributed by atoms with Crippen LogP contribution >= 0.6 is 0 Å². The van der Waals surface area contributed by atoms with Gasteiger partial charge < -0.3 is 24.6 Å². The fraction of sp³-hybridized carbons (Fsp3) is 0.706. The number of anilines is 1. The van der Waals surface area contributed by atoms with Gasteiger partial charge in [0.05, 0.1) is 25.1 Å². The first-order valence-electron chi connectivity index (χ1n) is 9.04. The normalized spacial score (nSPS) is 15.7. The van der Waals surface area contributed by atoms with E-state index in [2.05, 4.69) is 15.4 Å². The topological polar surface area (TPSA) is 84.2 Å². The Balaban J connectivity index is 1.84. The number of ether oxygens (including phenoxy) is 2. The van der Waals surface area contributed by atoms with Crippen LogP contribution in [-0.2, 0) is 21.3 Å². The highest BCUT2D eigenvalue weighted by Crippen LogP contribution is 2.16. The standard InChI is InChI=1S/C17H30N6O3/c1-4-18-17(19-6-5-9-26-11-10-25-3)22-7-8-23(16(24)14-22)15-12-20-21(2)13-15/h12-13H,4-11,14H2,1-3H3,(H,18,19). The Hall–Kier alpha value is -2.13. The van der Waals surface area contributed by atoms with E-state index in [-0.39, 0.29) is 5.91 Å². The molecule has 1 amide bonds. The van der Waals surface area contributed by atoms with Gasteiger partial charge >= 0.3 is 0 Å². The van der Waals surface area contributed by atoms with Gasteiger partial charge in [-0.05, 0) is 13.3 Å². The van der Waals surface area contributed by atoms with Crippen LogP contribution in [0.4, 0.5) is 5.69 Å². The number of hydrogen-bond acceptors (Lipinski definition) is 5. The fourth-order valence-corrected chi connectivity index (χ4v) is 2.70. The molecule has 9 heteroatoms. The smallest absolute Gasteiger partial charge is 0.246 e. The average Bonchev–Trinajstić information content (AvgIpc) is 3.06. The molecule has 0 radical (unpaired) electrons. The van der Waals surface area contributed by atoms with Crippen molar-refractivity contribution in [1.82, 2.24) is 20.0 Å². The maximum Gasteiger partial charge on any atom is 0.246 e. The summed E-state index contributed by atoms with van der Waals surface area (Å²) in [5.41, 5.74) is 0.840. The number of aryl methyl sites for hydroxylation is 1. The van der Waals surface area contributed by atoms with Crippen LogP contribution in [0.2, 0.25) is 0 Å². The van der Waals surface area contributed by atoms with Crippen molar-refractivity contribution in [2.45, 2.75) is 13.3 Å². The number of carbonyl (C=O) groups excluding carboxylic acids is 1. The Morgan fingerprint density at radius 2 is 2.19 bits per heavy atom. The van der Waals surface area contributed by atoms with Gasteiger partial charge in [-0.1, -0.05) is 0 Å². The molecule has 1 aliphatic heterocycles. The molecule has 26 heavy (non-hydrogen) atoms. The number of aliphatic imine (C=N–C) groups is 1. The third kappa shape index (κ3) is 5.99. The second kappa shape index (κ2) is 10.8. The molecular weight excluding hydrogens is 336 g/mol. The Bertz CT molecular complexity index is 589. The highest BCUT2D eigenvalue weighted by molar-refractivity contribution is 5.98. The number of carbonyl (C=O) groups is 1. The first-order valence-corrected chi connectivity index (χ1v) is 9.04. The van der Waals surface area contributed by atoms with Gasteiger partial charge in [0, 0.05) is 53.1 Å². The summed E-state index contributed by atoms with van der Waals surface area (Å²) in [5, 5.41) is 7.41. The third-order valence-corrected chi connectivity index (χ3v) is 4.00. The Labute approximate surface area is 154 Å². The molecule has 1 aromatic heterocycles. The number of nitrogens with one attached hydrogen (secondary N) is 1. The van der Waals surface area contributed by atoms with Crippen LogP contribution in [0.15, 0.2) is 17.4 Å². The lowest BCUT2D eigenvalue weighted by atomic mass is 10.3. The highest BCUT2D eigenvalue weighted by Gasteiger charge is 2.27. The number of methoxy groups -OCH3 is 1. The summed E-state index contributed by atoms with van der Waals surface area (Å²) < 4.78 is 12.1. The largest absolute Gasteiger partial charge is 0.382 e. The monoisotopic (exact) mass is 366 g/mol. The molecule has 0 aliphatic carbocycles. The van der Waals surface area contributed by atoms with Crippen molar-refractivity contribution in [1.29, 1.82) is 0 Å². The molecule has 1 saturated heterocycles. The van der Waals surface area contributed by atoms with Gasteiger partial charge in [0.25, 0.3) is 0 Å². The van der Waals surface area contributed by atoms with E-state index >= 15 is 0 Å². The second-order valence-electron chi connectivity index (χ2n) is 6.03. The molecule has 2 rings (SSSR count). The summed E-state index contributed by atoms with van der Waals surface area (Å²) in [6.45, 7) is 6.97. The van der Waals surface area contributed by atoms with Crippen molar-refractivity contribution in [2.75, 3.05) is 64.6 Å². The number of piperazine rings is 1. The first-order chi connectivity index (χ1) is 12.7. The van der Waals surface area contributed by atoms with Crippen LogP contribution in [0.3, 0.4) is 0 Å². The summed E-state index contributed by atoms with van der Waals surface area (Å²) in [7, 11) is 3.50. The van der Waals surface area contributed by atoms with E-state index in [4.69, 9.17) is 9.47 Å². The van der Waals surface area contributed by atoms with Crippen LogP contribution < -0.4 is 10.2 Å². The van der Waals surface area contributed by atoms with Crippen LogP contribution in [0, 0.1) is 0 Å². The molecule has 0 unspecified atom stereocenters. The minimum Gasteiger partial charge on any atom is -0.382 e. The lowest BCUT2D eigenvalue weighted by Gasteiger charge is -2.35. The lowest BCUT2D eigenvalue weighted by molar-refractivity contribution is -0.120. The number of nitrogens with zero attached hydrogens (tertiary/aromatic N) is 5. The molecule has 1 N–H and O–H groups in total. The molecule has 0 bridgehead atoms.